The largest absolute Gasteiger partial charge is 0.459 e. The lowest BCUT2D eigenvalue weighted by molar-refractivity contribution is -0.292. The summed E-state index contributed by atoms with van der Waals surface area (Å²) in [6, 6.07) is 23.4. The van der Waals surface area contributed by atoms with Gasteiger partial charge >= 0.3 is 17.9 Å². The van der Waals surface area contributed by atoms with E-state index in [1.54, 1.807) is 119 Å². The molecule has 0 spiro atoms. The lowest BCUT2D eigenvalue weighted by Crippen LogP contribution is -2.67. The number of carbonyl (C=O) groups excluding carboxylic acids is 4. The molecule has 4 saturated heterocycles. The van der Waals surface area contributed by atoms with E-state index in [2.05, 4.69) is 5.32 Å². The molecule has 0 radical (unpaired) electrons. The quantitative estimate of drug-likeness (QED) is 0.219. The molecule has 4 aliphatic heterocycles. The normalized spacial score (nSPS) is 31.3. The fourth-order valence-corrected chi connectivity index (χ4v) is 7.21. The van der Waals surface area contributed by atoms with Crippen LogP contribution < -0.4 is 5.32 Å². The monoisotopic (exact) mass is 775 g/mol. The molecule has 15 nitrogen and oxygen atoms in total. The van der Waals surface area contributed by atoms with Gasteiger partial charge in [0.25, 0.3) is 0 Å². The average Bonchev–Trinajstić information content (AvgIpc) is 3.69. The molecule has 4 aliphatic rings. The van der Waals surface area contributed by atoms with E-state index in [-0.39, 0.29) is 23.3 Å². The second-order valence-electron chi connectivity index (χ2n) is 14.7. The fourth-order valence-electron chi connectivity index (χ4n) is 7.21. The summed E-state index contributed by atoms with van der Waals surface area (Å²) in [6.07, 6.45) is -8.96. The molecule has 0 aliphatic carbocycles. The molecule has 0 saturated carbocycles. The van der Waals surface area contributed by atoms with E-state index in [0.717, 1.165) is 0 Å². The van der Waals surface area contributed by atoms with E-state index in [0.29, 0.717) is 0 Å². The Balaban J connectivity index is 1.21. The zero-order chi connectivity index (χ0) is 39.6. The average molecular weight is 776 g/mol. The van der Waals surface area contributed by atoms with E-state index in [9.17, 15) is 19.2 Å². The molecule has 4 heterocycles. The van der Waals surface area contributed by atoms with Crippen LogP contribution in [0.4, 0.5) is 0 Å². The summed E-state index contributed by atoms with van der Waals surface area (Å²) in [5.74, 6) is -4.71. The standard InChI is InChI=1S/C41H45NO14/c1-23(43)42-29-32(52-37(46)26-19-13-8-14-20-26)30(51-36(45)25-17-11-7-12-18-25)27(21-47-35(44)24-15-9-6-10-16-24)49-38(29)48-22-28-31-33(54-40(2,3)53-31)34-39(50-28)56-41(4,5)55-34/h6-20,27-34,38-39H,21-22H2,1-5H3,(H,42,43)/t27-,28-,29+,30+,31+,32-,33+,34-,38+,39-/m1/s1. The van der Waals surface area contributed by atoms with Gasteiger partial charge in [-0.15, -0.1) is 0 Å². The molecule has 0 aromatic heterocycles. The minimum Gasteiger partial charge on any atom is -0.459 e. The van der Waals surface area contributed by atoms with Crippen LogP contribution in [0.1, 0.15) is 65.7 Å². The summed E-state index contributed by atoms with van der Waals surface area (Å²) in [5.41, 5.74) is 0.653. The van der Waals surface area contributed by atoms with Gasteiger partial charge in [-0.1, -0.05) is 54.6 Å². The zero-order valence-corrected chi connectivity index (χ0v) is 31.6. The first kappa shape index (κ1) is 39.5. The van der Waals surface area contributed by atoms with Gasteiger partial charge in [-0.25, -0.2) is 14.4 Å². The highest BCUT2D eigenvalue weighted by Crippen LogP contribution is 2.44. The first-order valence-corrected chi connectivity index (χ1v) is 18.4. The smallest absolute Gasteiger partial charge is 0.338 e. The Morgan fingerprint density at radius 2 is 1.09 bits per heavy atom. The highest BCUT2D eigenvalue weighted by molar-refractivity contribution is 5.91. The van der Waals surface area contributed by atoms with Gasteiger partial charge in [0.05, 0.1) is 23.3 Å². The first-order valence-electron chi connectivity index (χ1n) is 18.4. The van der Waals surface area contributed by atoms with Crippen molar-refractivity contribution in [3.63, 3.8) is 0 Å². The maximum Gasteiger partial charge on any atom is 0.338 e. The number of ether oxygens (including phenoxy) is 10. The number of hydrogen-bond donors (Lipinski definition) is 1. The van der Waals surface area contributed by atoms with Crippen LogP contribution in [0.15, 0.2) is 91.0 Å². The number of hydrogen-bond acceptors (Lipinski definition) is 14. The molecule has 10 atom stereocenters. The minimum atomic E-state index is -1.43. The number of fused-ring (bicyclic) bond motifs is 3. The molecule has 56 heavy (non-hydrogen) atoms. The first-order chi connectivity index (χ1) is 26.8. The molecule has 1 amide bonds. The number of rotatable bonds is 11. The zero-order valence-electron chi connectivity index (χ0n) is 31.6. The summed E-state index contributed by atoms with van der Waals surface area (Å²) < 4.78 is 61.8. The Labute approximate surface area is 323 Å². The molecular weight excluding hydrogens is 730 g/mol. The van der Waals surface area contributed by atoms with Gasteiger partial charge in [-0.05, 0) is 64.1 Å². The third kappa shape index (κ3) is 8.94. The molecule has 3 aromatic carbocycles. The highest BCUT2D eigenvalue weighted by atomic mass is 16.9. The van der Waals surface area contributed by atoms with Crippen molar-refractivity contribution in [3.05, 3.63) is 108 Å². The summed E-state index contributed by atoms with van der Waals surface area (Å²) >= 11 is 0. The van der Waals surface area contributed by atoms with Crippen molar-refractivity contribution in [2.45, 2.75) is 108 Å². The summed E-state index contributed by atoms with van der Waals surface area (Å²) in [6.45, 7) is 7.70. The molecule has 15 heteroatoms. The predicted octanol–water partition coefficient (Wildman–Crippen LogP) is 3.94. The van der Waals surface area contributed by atoms with Gasteiger partial charge < -0.3 is 52.7 Å². The van der Waals surface area contributed by atoms with Gasteiger partial charge in [0.1, 0.15) is 43.2 Å². The summed E-state index contributed by atoms with van der Waals surface area (Å²) in [5, 5.41) is 2.78. The van der Waals surface area contributed by atoms with Crippen LogP contribution in [-0.4, -0.2) is 110 Å². The van der Waals surface area contributed by atoms with Gasteiger partial charge in [-0.3, -0.25) is 4.79 Å². The van der Waals surface area contributed by atoms with E-state index in [1.165, 1.54) is 6.92 Å². The Morgan fingerprint density at radius 1 is 0.589 bits per heavy atom. The van der Waals surface area contributed by atoms with Crippen LogP contribution in [0.2, 0.25) is 0 Å². The van der Waals surface area contributed by atoms with Crippen LogP contribution in [0.3, 0.4) is 0 Å². The van der Waals surface area contributed by atoms with Crippen molar-refractivity contribution in [1.82, 2.24) is 5.32 Å². The Bertz CT molecular complexity index is 1860. The molecule has 1 N–H and O–H groups in total. The van der Waals surface area contributed by atoms with Gasteiger partial charge in [-0.2, -0.15) is 0 Å². The molecule has 0 unspecified atom stereocenters. The van der Waals surface area contributed by atoms with Crippen molar-refractivity contribution in [3.8, 4) is 0 Å². The second kappa shape index (κ2) is 16.4. The molecule has 4 fully saturated rings. The van der Waals surface area contributed by atoms with Crippen molar-refractivity contribution in [2.24, 2.45) is 0 Å². The van der Waals surface area contributed by atoms with Crippen LogP contribution in [0.5, 0.6) is 0 Å². The highest BCUT2D eigenvalue weighted by Gasteiger charge is 2.61. The predicted molar refractivity (Wildman–Crippen MR) is 193 cm³/mol. The number of benzene rings is 3. The lowest BCUT2D eigenvalue weighted by Gasteiger charge is -2.45. The van der Waals surface area contributed by atoms with E-state index >= 15 is 0 Å². The maximum absolute atomic E-state index is 13.7. The third-order valence-corrected chi connectivity index (χ3v) is 9.59. The second-order valence-corrected chi connectivity index (χ2v) is 14.7. The van der Waals surface area contributed by atoms with Gasteiger partial charge in [0, 0.05) is 6.92 Å². The molecule has 7 rings (SSSR count). The maximum atomic E-state index is 13.7. The van der Waals surface area contributed by atoms with Gasteiger partial charge in [0.15, 0.2) is 36.4 Å². The molecule has 298 valence electrons. The number of carbonyl (C=O) groups is 4. The number of esters is 3. The summed E-state index contributed by atoms with van der Waals surface area (Å²) in [4.78, 5) is 53.4. The van der Waals surface area contributed by atoms with E-state index in [4.69, 9.17) is 47.4 Å². The Morgan fingerprint density at radius 3 is 1.66 bits per heavy atom. The van der Waals surface area contributed by atoms with Crippen molar-refractivity contribution in [2.75, 3.05) is 13.2 Å². The minimum absolute atomic E-state index is 0.192. The Kier molecular flexibility index (Phi) is 11.6. The van der Waals surface area contributed by atoms with E-state index in [1.807, 2.05) is 0 Å². The lowest BCUT2D eigenvalue weighted by atomic mass is 9.95. The van der Waals surface area contributed by atoms with Crippen LogP contribution in [-0.2, 0) is 52.2 Å². The van der Waals surface area contributed by atoms with Crippen molar-refractivity contribution < 1.29 is 66.5 Å². The molecule has 0 bridgehead atoms. The van der Waals surface area contributed by atoms with Gasteiger partial charge in [0.2, 0.25) is 5.91 Å². The van der Waals surface area contributed by atoms with Crippen LogP contribution >= 0.6 is 0 Å². The van der Waals surface area contributed by atoms with Crippen molar-refractivity contribution >= 4 is 23.8 Å². The number of nitrogens with one attached hydrogen (secondary N) is 1. The third-order valence-electron chi connectivity index (χ3n) is 9.59. The fraction of sp³-hybridized carbons (Fsp3) is 0.463. The van der Waals surface area contributed by atoms with Crippen molar-refractivity contribution in [1.29, 1.82) is 0 Å². The topological polar surface area (TPSA) is 173 Å². The SMILES string of the molecule is CC(=O)N[C@@H]1[C@@H](OC[C@H]2O[C@@H]3OC(C)(C)O[C@@H]3[C@H]3OC(C)(C)O[C@H]32)O[C@H](COC(=O)c2ccccc2)[C@H](OC(=O)c2ccccc2)[C@@H]1OC(=O)c1ccccc1. The number of amides is 1. The van der Waals surface area contributed by atoms with E-state index < -0.39 is 103 Å². The van der Waals surface area contributed by atoms with Crippen LogP contribution in [0, 0.1) is 0 Å². The Hall–Kier alpha value is -4.74. The van der Waals surface area contributed by atoms with Crippen LogP contribution in [0.25, 0.3) is 0 Å². The molecular formula is C41H45NO14. The molecule has 3 aromatic rings. The summed E-state index contributed by atoms with van der Waals surface area (Å²) in [7, 11) is 0.